The smallest absolute Gasteiger partial charge is 0.139 e. The first-order chi connectivity index (χ1) is 7.88. The molecule has 0 bridgehead atoms. The van der Waals surface area contributed by atoms with Gasteiger partial charge in [0, 0.05) is 18.2 Å². The fraction of sp³-hybridized carbons (Fsp3) is 0.417. The molecule has 1 saturated heterocycles. The number of pyridine rings is 1. The third-order valence-corrected chi connectivity index (χ3v) is 2.22. The highest BCUT2D eigenvalue weighted by Gasteiger charge is 2.17. The SMILES string of the molecule is OCC#Cc1cncc(OC2CCOC2)c1. The summed E-state index contributed by atoms with van der Waals surface area (Å²) in [5.74, 6) is 6.05. The van der Waals surface area contributed by atoms with Crippen molar-refractivity contribution in [2.45, 2.75) is 12.5 Å². The molecule has 1 aromatic rings. The lowest BCUT2D eigenvalue weighted by molar-refractivity contribution is 0.141. The van der Waals surface area contributed by atoms with E-state index in [0.717, 1.165) is 18.6 Å². The van der Waals surface area contributed by atoms with E-state index in [1.54, 1.807) is 12.4 Å². The van der Waals surface area contributed by atoms with E-state index in [1.165, 1.54) is 0 Å². The van der Waals surface area contributed by atoms with E-state index in [0.29, 0.717) is 12.4 Å². The molecule has 1 aliphatic rings. The van der Waals surface area contributed by atoms with E-state index >= 15 is 0 Å². The van der Waals surface area contributed by atoms with Gasteiger partial charge in [0.25, 0.3) is 0 Å². The molecule has 0 aromatic carbocycles. The molecule has 0 saturated carbocycles. The lowest BCUT2D eigenvalue weighted by Crippen LogP contribution is -2.15. The van der Waals surface area contributed by atoms with Crippen LogP contribution in [0.1, 0.15) is 12.0 Å². The Labute approximate surface area is 94.2 Å². The zero-order chi connectivity index (χ0) is 11.2. The summed E-state index contributed by atoms with van der Waals surface area (Å²) in [6.07, 6.45) is 4.32. The maximum absolute atomic E-state index is 8.58. The van der Waals surface area contributed by atoms with Gasteiger partial charge in [-0.15, -0.1) is 0 Å². The van der Waals surface area contributed by atoms with Crippen molar-refractivity contribution in [3.63, 3.8) is 0 Å². The fourth-order valence-electron chi connectivity index (χ4n) is 1.49. The molecule has 84 valence electrons. The van der Waals surface area contributed by atoms with Crippen molar-refractivity contribution in [2.24, 2.45) is 0 Å². The van der Waals surface area contributed by atoms with Gasteiger partial charge >= 0.3 is 0 Å². The Hall–Kier alpha value is -1.57. The van der Waals surface area contributed by atoms with Crippen molar-refractivity contribution < 1.29 is 14.6 Å². The van der Waals surface area contributed by atoms with E-state index < -0.39 is 0 Å². The van der Waals surface area contributed by atoms with Gasteiger partial charge in [-0.05, 0) is 6.07 Å². The highest BCUT2D eigenvalue weighted by molar-refractivity contribution is 5.36. The first-order valence-corrected chi connectivity index (χ1v) is 5.17. The van der Waals surface area contributed by atoms with E-state index in [9.17, 15) is 0 Å². The summed E-state index contributed by atoms with van der Waals surface area (Å²) in [4.78, 5) is 4.03. The van der Waals surface area contributed by atoms with E-state index in [-0.39, 0.29) is 12.7 Å². The van der Waals surface area contributed by atoms with Crippen LogP contribution in [0.2, 0.25) is 0 Å². The number of ether oxygens (including phenoxy) is 2. The van der Waals surface area contributed by atoms with Gasteiger partial charge in [-0.2, -0.15) is 0 Å². The molecular weight excluding hydrogens is 206 g/mol. The Morgan fingerprint density at radius 3 is 3.25 bits per heavy atom. The number of aliphatic hydroxyl groups excluding tert-OH is 1. The molecule has 0 aliphatic carbocycles. The minimum atomic E-state index is -0.151. The van der Waals surface area contributed by atoms with Gasteiger partial charge in [0.2, 0.25) is 0 Å². The molecule has 16 heavy (non-hydrogen) atoms. The zero-order valence-corrected chi connectivity index (χ0v) is 8.85. The van der Waals surface area contributed by atoms with Crippen molar-refractivity contribution in [1.29, 1.82) is 0 Å². The summed E-state index contributed by atoms with van der Waals surface area (Å²) in [5, 5.41) is 8.58. The Bertz CT molecular complexity index is 402. The van der Waals surface area contributed by atoms with Crippen LogP contribution in [-0.2, 0) is 4.74 Å². The van der Waals surface area contributed by atoms with Gasteiger partial charge in [-0.25, -0.2) is 0 Å². The molecule has 1 unspecified atom stereocenters. The van der Waals surface area contributed by atoms with Crippen LogP contribution in [0.15, 0.2) is 18.5 Å². The Balaban J connectivity index is 2.03. The van der Waals surface area contributed by atoms with Crippen LogP contribution in [0.25, 0.3) is 0 Å². The highest BCUT2D eigenvalue weighted by Crippen LogP contribution is 2.16. The fourth-order valence-corrected chi connectivity index (χ4v) is 1.49. The Morgan fingerprint density at radius 1 is 1.56 bits per heavy atom. The van der Waals surface area contributed by atoms with Crippen molar-refractivity contribution in [3.8, 4) is 17.6 Å². The molecule has 1 aromatic heterocycles. The van der Waals surface area contributed by atoms with E-state index in [1.807, 2.05) is 6.07 Å². The van der Waals surface area contributed by atoms with Crippen LogP contribution in [0.5, 0.6) is 5.75 Å². The number of hydrogen-bond donors (Lipinski definition) is 1. The summed E-state index contributed by atoms with van der Waals surface area (Å²) in [7, 11) is 0. The van der Waals surface area contributed by atoms with Crippen molar-refractivity contribution >= 4 is 0 Å². The molecule has 1 fully saturated rings. The van der Waals surface area contributed by atoms with Crippen molar-refractivity contribution in [3.05, 3.63) is 24.0 Å². The summed E-state index contributed by atoms with van der Waals surface area (Å²) < 4.78 is 10.9. The second-order valence-corrected chi connectivity index (χ2v) is 3.47. The number of aromatic nitrogens is 1. The molecule has 2 heterocycles. The van der Waals surface area contributed by atoms with Gasteiger partial charge in [-0.3, -0.25) is 4.98 Å². The summed E-state index contributed by atoms with van der Waals surface area (Å²) in [6.45, 7) is 1.23. The molecular formula is C12H13NO3. The average molecular weight is 219 g/mol. The second-order valence-electron chi connectivity index (χ2n) is 3.47. The molecule has 0 spiro atoms. The first-order valence-electron chi connectivity index (χ1n) is 5.17. The largest absolute Gasteiger partial charge is 0.486 e. The molecule has 0 amide bonds. The third-order valence-electron chi connectivity index (χ3n) is 2.22. The molecule has 1 atom stereocenters. The molecule has 2 rings (SSSR count). The van der Waals surface area contributed by atoms with Crippen molar-refractivity contribution in [2.75, 3.05) is 19.8 Å². The minimum absolute atomic E-state index is 0.114. The predicted molar refractivity (Wildman–Crippen MR) is 58.1 cm³/mol. The highest BCUT2D eigenvalue weighted by atomic mass is 16.5. The number of rotatable bonds is 2. The average Bonchev–Trinajstić information content (AvgIpc) is 2.80. The first kappa shape index (κ1) is 10.9. The summed E-state index contributed by atoms with van der Waals surface area (Å²) in [5.41, 5.74) is 0.741. The van der Waals surface area contributed by atoms with Gasteiger partial charge in [0.1, 0.15) is 18.5 Å². The molecule has 0 radical (unpaired) electrons. The number of aliphatic hydroxyl groups is 1. The molecule has 1 N–H and O–H groups in total. The number of nitrogens with zero attached hydrogens (tertiary/aromatic N) is 1. The molecule has 1 aliphatic heterocycles. The van der Waals surface area contributed by atoms with Crippen LogP contribution < -0.4 is 4.74 Å². The number of hydrogen-bond acceptors (Lipinski definition) is 4. The Morgan fingerprint density at radius 2 is 2.50 bits per heavy atom. The molecule has 4 nitrogen and oxygen atoms in total. The summed E-state index contributed by atoms with van der Waals surface area (Å²) >= 11 is 0. The lowest BCUT2D eigenvalue weighted by atomic mass is 10.2. The quantitative estimate of drug-likeness (QED) is 0.740. The van der Waals surface area contributed by atoms with Crippen LogP contribution in [0.3, 0.4) is 0 Å². The van der Waals surface area contributed by atoms with Crippen LogP contribution in [0, 0.1) is 11.8 Å². The maximum Gasteiger partial charge on any atom is 0.139 e. The van der Waals surface area contributed by atoms with Crippen LogP contribution in [0.4, 0.5) is 0 Å². The predicted octanol–water partition coefficient (Wildman–Crippen LogP) is 0.593. The Kier molecular flexibility index (Phi) is 3.76. The van der Waals surface area contributed by atoms with E-state index in [2.05, 4.69) is 16.8 Å². The third kappa shape index (κ3) is 2.96. The summed E-state index contributed by atoms with van der Waals surface area (Å²) in [6, 6.07) is 1.81. The van der Waals surface area contributed by atoms with Gasteiger partial charge in [0.15, 0.2) is 0 Å². The van der Waals surface area contributed by atoms with Gasteiger partial charge < -0.3 is 14.6 Å². The zero-order valence-electron chi connectivity index (χ0n) is 8.85. The second kappa shape index (κ2) is 5.50. The van der Waals surface area contributed by atoms with Gasteiger partial charge in [-0.1, -0.05) is 11.8 Å². The van der Waals surface area contributed by atoms with Crippen molar-refractivity contribution in [1.82, 2.24) is 4.98 Å². The normalized spacial score (nSPS) is 18.9. The van der Waals surface area contributed by atoms with Crippen LogP contribution in [-0.4, -0.2) is 36.0 Å². The van der Waals surface area contributed by atoms with E-state index in [4.69, 9.17) is 14.6 Å². The standard InChI is InChI=1S/C12H13NO3/c14-4-1-2-10-6-12(8-13-7-10)16-11-3-5-15-9-11/h6-8,11,14H,3-5,9H2. The minimum Gasteiger partial charge on any atom is -0.486 e. The topological polar surface area (TPSA) is 51.6 Å². The maximum atomic E-state index is 8.58. The molecule has 4 heteroatoms. The monoisotopic (exact) mass is 219 g/mol. The van der Waals surface area contributed by atoms with Gasteiger partial charge in [0.05, 0.1) is 19.4 Å². The lowest BCUT2D eigenvalue weighted by Gasteiger charge is -2.10. The van der Waals surface area contributed by atoms with Crippen LogP contribution >= 0.6 is 0 Å².